The lowest BCUT2D eigenvalue weighted by atomic mass is 9.88. The van der Waals surface area contributed by atoms with Crippen LogP contribution in [0.15, 0.2) is 12.1 Å². The highest BCUT2D eigenvalue weighted by Gasteiger charge is 2.33. The Morgan fingerprint density at radius 1 is 1.07 bits per heavy atom. The van der Waals surface area contributed by atoms with Crippen molar-refractivity contribution in [2.45, 2.75) is 13.5 Å². The van der Waals surface area contributed by atoms with Crippen molar-refractivity contribution in [1.82, 2.24) is 15.1 Å². The van der Waals surface area contributed by atoms with E-state index in [1.807, 2.05) is 17.0 Å². The van der Waals surface area contributed by atoms with Crippen molar-refractivity contribution < 1.29 is 19.0 Å². The quantitative estimate of drug-likeness (QED) is 0.771. The van der Waals surface area contributed by atoms with Crippen molar-refractivity contribution in [1.29, 1.82) is 0 Å². The van der Waals surface area contributed by atoms with Crippen LogP contribution >= 0.6 is 0 Å². The number of methoxy groups -OCH3 is 3. The smallest absolute Gasteiger partial charge is 0.225 e. The third kappa shape index (κ3) is 4.14. The van der Waals surface area contributed by atoms with Gasteiger partial charge in [-0.25, -0.2) is 0 Å². The van der Waals surface area contributed by atoms with Gasteiger partial charge in [-0.3, -0.25) is 9.69 Å². The Balaban J connectivity index is 1.60. The molecule has 0 radical (unpaired) electrons. The van der Waals surface area contributed by atoms with E-state index in [1.165, 1.54) is 0 Å². The normalized spacial score (nSPS) is 19.3. The molecule has 1 aromatic rings. The molecule has 7 nitrogen and oxygen atoms in total. The molecule has 7 heteroatoms. The molecule has 0 spiro atoms. The van der Waals surface area contributed by atoms with Gasteiger partial charge in [0.1, 0.15) is 0 Å². The summed E-state index contributed by atoms with van der Waals surface area (Å²) in [5.41, 5.74) is 1.06. The Labute approximate surface area is 161 Å². The molecule has 1 aromatic carbocycles. The molecule has 1 N–H and O–H groups in total. The van der Waals surface area contributed by atoms with Gasteiger partial charge in [-0.05, 0) is 25.1 Å². The van der Waals surface area contributed by atoms with Gasteiger partial charge in [0.05, 0.1) is 21.3 Å². The minimum Gasteiger partial charge on any atom is -0.493 e. The van der Waals surface area contributed by atoms with Crippen molar-refractivity contribution >= 4 is 5.91 Å². The summed E-state index contributed by atoms with van der Waals surface area (Å²) in [7, 11) is 4.88. The highest BCUT2D eigenvalue weighted by molar-refractivity contribution is 5.79. The van der Waals surface area contributed by atoms with Gasteiger partial charge in [0.2, 0.25) is 11.7 Å². The average molecular weight is 377 g/mol. The standard InChI is InChI=1S/C20H31N3O4/c1-14(16-11-21-12-16)20(24)23-9-7-22(8-10-23)13-15-5-6-17(25-2)19(27-4)18(15)26-3/h5-6,14,16,21H,7-13H2,1-4H3. The summed E-state index contributed by atoms with van der Waals surface area (Å²) in [6.07, 6.45) is 0. The monoisotopic (exact) mass is 377 g/mol. The number of ether oxygens (including phenoxy) is 3. The van der Waals surface area contributed by atoms with E-state index in [2.05, 4.69) is 17.1 Å². The minimum absolute atomic E-state index is 0.115. The predicted octanol–water partition coefficient (Wildman–Crippen LogP) is 1.21. The van der Waals surface area contributed by atoms with E-state index in [1.54, 1.807) is 21.3 Å². The van der Waals surface area contributed by atoms with E-state index in [0.29, 0.717) is 29.1 Å². The number of hydrogen-bond acceptors (Lipinski definition) is 6. The highest BCUT2D eigenvalue weighted by atomic mass is 16.5. The van der Waals surface area contributed by atoms with Crippen LogP contribution in [0.4, 0.5) is 0 Å². The minimum atomic E-state index is 0.115. The molecule has 0 aromatic heterocycles. The van der Waals surface area contributed by atoms with Crippen LogP contribution in [0.5, 0.6) is 17.2 Å². The lowest BCUT2D eigenvalue weighted by molar-refractivity contribution is -0.139. The predicted molar refractivity (Wildman–Crippen MR) is 103 cm³/mol. The van der Waals surface area contributed by atoms with Crippen LogP contribution in [0.1, 0.15) is 12.5 Å². The fourth-order valence-electron chi connectivity index (χ4n) is 3.81. The van der Waals surface area contributed by atoms with E-state index in [9.17, 15) is 4.79 Å². The van der Waals surface area contributed by atoms with Gasteiger partial charge in [0, 0.05) is 44.2 Å². The molecule has 2 fully saturated rings. The number of benzene rings is 1. The first-order chi connectivity index (χ1) is 13.1. The average Bonchev–Trinajstić information content (AvgIpc) is 2.66. The largest absolute Gasteiger partial charge is 0.493 e. The maximum absolute atomic E-state index is 12.7. The molecule has 2 aliphatic heterocycles. The Kier molecular flexibility index (Phi) is 6.44. The van der Waals surface area contributed by atoms with E-state index >= 15 is 0 Å². The van der Waals surface area contributed by atoms with E-state index < -0.39 is 0 Å². The lowest BCUT2D eigenvalue weighted by Gasteiger charge is -2.39. The first-order valence-electron chi connectivity index (χ1n) is 9.58. The molecule has 0 bridgehead atoms. The molecule has 1 unspecified atom stereocenters. The molecule has 2 aliphatic rings. The van der Waals surface area contributed by atoms with E-state index in [0.717, 1.165) is 51.4 Å². The Morgan fingerprint density at radius 3 is 2.26 bits per heavy atom. The lowest BCUT2D eigenvalue weighted by Crippen LogP contribution is -2.54. The number of hydrogen-bond donors (Lipinski definition) is 1. The second-order valence-corrected chi connectivity index (χ2v) is 7.30. The summed E-state index contributed by atoms with van der Waals surface area (Å²) in [5, 5.41) is 3.25. The van der Waals surface area contributed by atoms with Crippen molar-refractivity contribution in [2.24, 2.45) is 11.8 Å². The molecular weight excluding hydrogens is 346 g/mol. The molecule has 0 saturated carbocycles. The molecule has 3 rings (SSSR count). The topological polar surface area (TPSA) is 63.3 Å². The van der Waals surface area contributed by atoms with Gasteiger partial charge in [0.15, 0.2) is 11.5 Å². The second kappa shape index (κ2) is 8.80. The summed E-state index contributed by atoms with van der Waals surface area (Å²) < 4.78 is 16.4. The Hall–Kier alpha value is -1.99. The number of amides is 1. The second-order valence-electron chi connectivity index (χ2n) is 7.30. The SMILES string of the molecule is COc1ccc(CN2CCN(C(=O)C(C)C3CNC3)CC2)c(OC)c1OC. The molecule has 2 saturated heterocycles. The van der Waals surface area contributed by atoms with Gasteiger partial charge in [0.25, 0.3) is 0 Å². The summed E-state index contributed by atoms with van der Waals surface area (Å²) in [4.78, 5) is 17.1. The fourth-order valence-corrected chi connectivity index (χ4v) is 3.81. The molecule has 150 valence electrons. The zero-order valence-electron chi connectivity index (χ0n) is 16.8. The van der Waals surface area contributed by atoms with Crippen molar-refractivity contribution in [3.05, 3.63) is 17.7 Å². The maximum atomic E-state index is 12.7. The van der Waals surface area contributed by atoms with Gasteiger partial charge in [-0.1, -0.05) is 13.0 Å². The van der Waals surface area contributed by atoms with Crippen LogP contribution in [0.3, 0.4) is 0 Å². The first kappa shape index (κ1) is 19.8. The Bertz CT molecular complexity index is 655. The van der Waals surface area contributed by atoms with Crippen LogP contribution < -0.4 is 19.5 Å². The summed E-state index contributed by atoms with van der Waals surface area (Å²) in [6.45, 7) is 8.02. The van der Waals surface area contributed by atoms with Gasteiger partial charge in [-0.15, -0.1) is 0 Å². The number of rotatable bonds is 7. The van der Waals surface area contributed by atoms with Crippen LogP contribution in [0.2, 0.25) is 0 Å². The first-order valence-corrected chi connectivity index (χ1v) is 9.58. The molecule has 27 heavy (non-hydrogen) atoms. The highest BCUT2D eigenvalue weighted by Crippen LogP contribution is 2.40. The molecule has 2 heterocycles. The zero-order chi connectivity index (χ0) is 19.4. The van der Waals surface area contributed by atoms with Crippen molar-refractivity contribution in [3.63, 3.8) is 0 Å². The summed E-state index contributed by atoms with van der Waals surface area (Å²) >= 11 is 0. The molecule has 1 amide bonds. The van der Waals surface area contributed by atoms with Crippen molar-refractivity contribution in [3.8, 4) is 17.2 Å². The van der Waals surface area contributed by atoms with Crippen molar-refractivity contribution in [2.75, 3.05) is 60.6 Å². The van der Waals surface area contributed by atoms with Gasteiger partial charge in [-0.2, -0.15) is 0 Å². The van der Waals surface area contributed by atoms with Crippen LogP contribution in [0.25, 0.3) is 0 Å². The number of carbonyl (C=O) groups is 1. The number of carbonyl (C=O) groups excluding carboxylic acids is 1. The van der Waals surface area contributed by atoms with Crippen LogP contribution in [0, 0.1) is 11.8 Å². The molecule has 0 aliphatic carbocycles. The third-order valence-corrected chi connectivity index (χ3v) is 5.77. The number of piperazine rings is 1. The van der Waals surface area contributed by atoms with E-state index in [4.69, 9.17) is 14.2 Å². The number of nitrogens with one attached hydrogen (secondary N) is 1. The van der Waals surface area contributed by atoms with Crippen LogP contribution in [-0.4, -0.2) is 76.3 Å². The van der Waals surface area contributed by atoms with E-state index in [-0.39, 0.29) is 5.92 Å². The maximum Gasteiger partial charge on any atom is 0.225 e. The van der Waals surface area contributed by atoms with Gasteiger partial charge < -0.3 is 24.4 Å². The number of nitrogens with zero attached hydrogens (tertiary/aromatic N) is 2. The molecule has 1 atom stereocenters. The fraction of sp³-hybridized carbons (Fsp3) is 0.650. The molecular formula is C20H31N3O4. The van der Waals surface area contributed by atoms with Gasteiger partial charge >= 0.3 is 0 Å². The van der Waals surface area contributed by atoms with Crippen LogP contribution in [-0.2, 0) is 11.3 Å². The summed E-state index contributed by atoms with van der Waals surface area (Å²) in [6, 6.07) is 3.92. The summed E-state index contributed by atoms with van der Waals surface area (Å²) in [5.74, 6) is 2.89. The Morgan fingerprint density at radius 2 is 1.74 bits per heavy atom. The zero-order valence-corrected chi connectivity index (χ0v) is 16.8. The third-order valence-electron chi connectivity index (χ3n) is 5.77.